The Hall–Kier alpha value is -3.14. The van der Waals surface area contributed by atoms with Gasteiger partial charge in [-0.3, -0.25) is 0 Å². The van der Waals surface area contributed by atoms with Crippen LogP contribution < -0.4 is 14.8 Å². The second-order valence-corrected chi connectivity index (χ2v) is 6.34. The second kappa shape index (κ2) is 7.00. The molecule has 0 aliphatic rings. The van der Waals surface area contributed by atoms with E-state index in [9.17, 15) is 17.1 Å². The van der Waals surface area contributed by atoms with Gasteiger partial charge in [0.15, 0.2) is 0 Å². The van der Waals surface area contributed by atoms with Gasteiger partial charge in [-0.2, -0.15) is 8.42 Å². The van der Waals surface area contributed by atoms with Crippen molar-refractivity contribution < 1.29 is 21.3 Å². The van der Waals surface area contributed by atoms with E-state index in [0.29, 0.717) is 11.5 Å². The average molecular weight is 378 g/mol. The first-order valence-corrected chi connectivity index (χ1v) is 8.82. The lowest BCUT2D eigenvalue weighted by Gasteiger charge is -2.08. The highest BCUT2D eigenvalue weighted by Crippen LogP contribution is 2.18. The standard InChI is InChI=1S/C16H15FN4O4S/c1-21-14-5-3-2-4-13(14)20-15(21)10-18-16(22)19-11-6-8-12(9-7-11)25-26(17,23)24/h2-9H,10H2,1H3,(H2,18,19,22). The number of halogens is 1. The van der Waals surface area contributed by atoms with Crippen LogP contribution >= 0.6 is 0 Å². The van der Waals surface area contributed by atoms with Crippen LogP contribution in [0.2, 0.25) is 0 Å². The fraction of sp³-hybridized carbons (Fsp3) is 0.125. The zero-order chi connectivity index (χ0) is 18.7. The number of aromatic nitrogens is 2. The summed E-state index contributed by atoms with van der Waals surface area (Å²) in [5, 5.41) is 5.25. The minimum absolute atomic E-state index is 0.196. The van der Waals surface area contributed by atoms with Crippen LogP contribution in [-0.4, -0.2) is 24.0 Å². The van der Waals surface area contributed by atoms with Gasteiger partial charge in [-0.1, -0.05) is 16.0 Å². The van der Waals surface area contributed by atoms with E-state index in [4.69, 9.17) is 0 Å². The molecule has 2 N–H and O–H groups in total. The van der Waals surface area contributed by atoms with E-state index in [-0.39, 0.29) is 12.3 Å². The van der Waals surface area contributed by atoms with Gasteiger partial charge in [-0.25, -0.2) is 9.78 Å². The number of nitrogens with zero attached hydrogens (tertiary/aromatic N) is 2. The molecule has 136 valence electrons. The lowest BCUT2D eigenvalue weighted by molar-refractivity contribution is 0.251. The molecule has 1 aromatic heterocycles. The Labute approximate surface area is 149 Å². The van der Waals surface area contributed by atoms with Gasteiger partial charge in [0.05, 0.1) is 17.6 Å². The summed E-state index contributed by atoms with van der Waals surface area (Å²) in [7, 11) is -3.21. The molecule has 0 unspecified atom stereocenters. The molecular formula is C16H15FN4O4S. The normalized spacial score (nSPS) is 11.3. The number of rotatable bonds is 5. The van der Waals surface area contributed by atoms with Crippen molar-refractivity contribution in [3.8, 4) is 5.75 Å². The number of para-hydroxylation sites is 2. The predicted molar refractivity (Wildman–Crippen MR) is 93.7 cm³/mol. The van der Waals surface area contributed by atoms with E-state index in [1.807, 2.05) is 35.9 Å². The molecule has 10 heteroatoms. The van der Waals surface area contributed by atoms with E-state index in [0.717, 1.165) is 11.0 Å². The summed E-state index contributed by atoms with van der Waals surface area (Å²) in [5.41, 5.74) is 2.19. The molecule has 0 saturated heterocycles. The Balaban J connectivity index is 1.59. The van der Waals surface area contributed by atoms with Crippen molar-refractivity contribution in [3.63, 3.8) is 0 Å². The summed E-state index contributed by atoms with van der Waals surface area (Å²) >= 11 is 0. The van der Waals surface area contributed by atoms with E-state index in [1.54, 1.807) is 0 Å². The number of nitrogens with one attached hydrogen (secondary N) is 2. The molecule has 26 heavy (non-hydrogen) atoms. The van der Waals surface area contributed by atoms with Gasteiger partial charge in [-0.05, 0) is 36.4 Å². The van der Waals surface area contributed by atoms with Gasteiger partial charge in [-0.15, -0.1) is 0 Å². The molecule has 0 saturated carbocycles. The van der Waals surface area contributed by atoms with E-state index in [2.05, 4.69) is 19.8 Å². The van der Waals surface area contributed by atoms with Crippen LogP contribution in [0.1, 0.15) is 5.82 Å². The molecule has 2 aromatic carbocycles. The topological polar surface area (TPSA) is 102 Å². The summed E-state index contributed by atoms with van der Waals surface area (Å²) < 4.78 is 39.2. The number of hydrogen-bond acceptors (Lipinski definition) is 5. The van der Waals surface area contributed by atoms with Crippen molar-refractivity contribution in [2.24, 2.45) is 7.05 Å². The number of benzene rings is 2. The zero-order valence-electron chi connectivity index (χ0n) is 13.6. The highest BCUT2D eigenvalue weighted by atomic mass is 32.3. The maximum absolute atomic E-state index is 12.4. The van der Waals surface area contributed by atoms with Crippen molar-refractivity contribution in [1.29, 1.82) is 0 Å². The number of hydrogen-bond donors (Lipinski definition) is 2. The van der Waals surface area contributed by atoms with Gasteiger partial charge in [0, 0.05) is 12.7 Å². The van der Waals surface area contributed by atoms with Crippen LogP contribution in [0.15, 0.2) is 48.5 Å². The molecule has 0 aliphatic carbocycles. The lowest BCUT2D eigenvalue weighted by atomic mass is 10.3. The van der Waals surface area contributed by atoms with Crippen molar-refractivity contribution in [3.05, 3.63) is 54.4 Å². The van der Waals surface area contributed by atoms with Crippen molar-refractivity contribution in [1.82, 2.24) is 14.9 Å². The smallest absolute Gasteiger partial charge is 0.358 e. The number of urea groups is 1. The molecule has 1 heterocycles. The van der Waals surface area contributed by atoms with Crippen molar-refractivity contribution >= 4 is 33.3 Å². The Morgan fingerprint density at radius 2 is 1.88 bits per heavy atom. The lowest BCUT2D eigenvalue weighted by Crippen LogP contribution is -2.29. The van der Waals surface area contributed by atoms with Gasteiger partial charge >= 0.3 is 16.5 Å². The Morgan fingerprint density at radius 1 is 1.19 bits per heavy atom. The van der Waals surface area contributed by atoms with Crippen LogP contribution in [0.4, 0.5) is 14.4 Å². The fourth-order valence-corrected chi connectivity index (χ4v) is 2.74. The number of carbonyl (C=O) groups is 1. The third-order valence-electron chi connectivity index (χ3n) is 3.59. The number of aryl methyl sites for hydroxylation is 1. The molecule has 0 aliphatic heterocycles. The molecular weight excluding hydrogens is 363 g/mol. The number of amides is 2. The predicted octanol–water partition coefficient (Wildman–Crippen LogP) is 2.49. The van der Waals surface area contributed by atoms with Gasteiger partial charge in [0.2, 0.25) is 0 Å². The monoisotopic (exact) mass is 378 g/mol. The minimum atomic E-state index is -5.08. The van der Waals surface area contributed by atoms with E-state index >= 15 is 0 Å². The maximum atomic E-state index is 12.4. The van der Waals surface area contributed by atoms with Gasteiger partial charge < -0.3 is 19.4 Å². The van der Waals surface area contributed by atoms with Crippen molar-refractivity contribution in [2.75, 3.05) is 5.32 Å². The van der Waals surface area contributed by atoms with Crippen LogP contribution in [0.3, 0.4) is 0 Å². The number of fused-ring (bicyclic) bond motifs is 1. The fourth-order valence-electron chi connectivity index (χ4n) is 2.40. The quantitative estimate of drug-likeness (QED) is 0.664. The number of imidazole rings is 1. The molecule has 8 nitrogen and oxygen atoms in total. The Kier molecular flexibility index (Phi) is 4.76. The molecule has 0 fully saturated rings. The molecule has 3 aromatic rings. The molecule has 0 spiro atoms. The third kappa shape index (κ3) is 4.28. The highest BCUT2D eigenvalue weighted by Gasteiger charge is 2.11. The largest absolute Gasteiger partial charge is 0.488 e. The zero-order valence-corrected chi connectivity index (χ0v) is 14.5. The van der Waals surface area contributed by atoms with Gasteiger partial charge in [0.1, 0.15) is 11.6 Å². The average Bonchev–Trinajstić information content (AvgIpc) is 2.90. The second-order valence-electron chi connectivity index (χ2n) is 5.38. The van der Waals surface area contributed by atoms with Crippen LogP contribution in [0.25, 0.3) is 11.0 Å². The van der Waals surface area contributed by atoms with Crippen LogP contribution in [0.5, 0.6) is 5.75 Å². The van der Waals surface area contributed by atoms with E-state index < -0.39 is 16.5 Å². The molecule has 2 amide bonds. The third-order valence-corrected chi connectivity index (χ3v) is 3.99. The summed E-state index contributed by atoms with van der Waals surface area (Å²) in [4.78, 5) is 16.4. The molecule has 0 radical (unpaired) electrons. The molecule has 0 atom stereocenters. The first-order chi connectivity index (χ1) is 12.3. The van der Waals surface area contributed by atoms with Crippen LogP contribution in [-0.2, 0) is 24.1 Å². The first-order valence-electron chi connectivity index (χ1n) is 7.51. The number of anilines is 1. The highest BCUT2D eigenvalue weighted by molar-refractivity contribution is 7.81. The van der Waals surface area contributed by atoms with Crippen LogP contribution in [0, 0.1) is 0 Å². The summed E-state index contributed by atoms with van der Waals surface area (Å²) in [5.74, 6) is 0.497. The number of carbonyl (C=O) groups excluding carboxylic acids is 1. The SMILES string of the molecule is Cn1c(CNC(=O)Nc2ccc(OS(=O)(=O)F)cc2)nc2ccccc21. The van der Waals surface area contributed by atoms with E-state index in [1.165, 1.54) is 24.3 Å². The Bertz CT molecular complexity index is 1050. The Morgan fingerprint density at radius 3 is 2.54 bits per heavy atom. The van der Waals surface area contributed by atoms with Gasteiger partial charge in [0.25, 0.3) is 0 Å². The summed E-state index contributed by atoms with van der Waals surface area (Å²) in [6.07, 6.45) is 0. The first kappa shape index (κ1) is 17.7. The summed E-state index contributed by atoms with van der Waals surface area (Å²) in [6.45, 7) is 0.221. The minimum Gasteiger partial charge on any atom is -0.358 e. The molecule has 3 rings (SSSR count). The maximum Gasteiger partial charge on any atom is 0.488 e. The molecule has 0 bridgehead atoms. The summed E-state index contributed by atoms with van der Waals surface area (Å²) in [6, 6.07) is 12.4. The van der Waals surface area contributed by atoms with Crippen molar-refractivity contribution in [2.45, 2.75) is 6.54 Å².